The largest absolute Gasteiger partial charge is 0.450 e. The summed E-state index contributed by atoms with van der Waals surface area (Å²) >= 11 is 0. The zero-order valence-corrected chi connectivity index (χ0v) is 17.3. The molecular formula is C18H24F3N3O5S. The summed E-state index contributed by atoms with van der Waals surface area (Å²) in [4.78, 5) is 24.6. The topological polar surface area (TPSA) is 105 Å². The Morgan fingerprint density at radius 1 is 1.23 bits per heavy atom. The van der Waals surface area contributed by atoms with E-state index in [4.69, 9.17) is 4.74 Å². The molecule has 0 aliphatic carbocycles. The number of carbonyl (C=O) groups excluding carboxylic acids is 2. The SMILES string of the molecule is CCOC(=O)N1CCC(NC(=O)[C@@H](C)NS(=O)(=O)c2ccccc2C(F)(F)F)CC1. The minimum atomic E-state index is -4.86. The van der Waals surface area contributed by atoms with Crippen LogP contribution in [-0.4, -0.2) is 57.1 Å². The molecule has 1 aromatic carbocycles. The van der Waals surface area contributed by atoms with Gasteiger partial charge < -0.3 is 15.0 Å². The maximum atomic E-state index is 13.1. The highest BCUT2D eigenvalue weighted by Crippen LogP contribution is 2.33. The third-order valence-electron chi connectivity index (χ3n) is 4.57. The molecule has 1 aliphatic heterocycles. The van der Waals surface area contributed by atoms with Crippen molar-refractivity contribution in [1.82, 2.24) is 14.9 Å². The summed E-state index contributed by atoms with van der Waals surface area (Å²) in [5, 5.41) is 2.66. The number of piperidine rings is 1. The number of hydrogen-bond donors (Lipinski definition) is 2. The van der Waals surface area contributed by atoms with Gasteiger partial charge in [0.2, 0.25) is 15.9 Å². The molecule has 0 radical (unpaired) electrons. The second kappa shape index (κ2) is 9.65. The summed E-state index contributed by atoms with van der Waals surface area (Å²) < 4.78 is 71.1. The van der Waals surface area contributed by atoms with Gasteiger partial charge in [-0.3, -0.25) is 4.79 Å². The van der Waals surface area contributed by atoms with Gasteiger partial charge in [0, 0.05) is 19.1 Å². The molecule has 2 rings (SSSR count). The molecule has 0 spiro atoms. The van der Waals surface area contributed by atoms with Gasteiger partial charge in [0.15, 0.2) is 0 Å². The molecule has 8 nitrogen and oxygen atoms in total. The molecule has 1 fully saturated rings. The maximum Gasteiger partial charge on any atom is 0.417 e. The van der Waals surface area contributed by atoms with Crippen molar-refractivity contribution in [3.8, 4) is 0 Å². The van der Waals surface area contributed by atoms with E-state index >= 15 is 0 Å². The van der Waals surface area contributed by atoms with Crippen LogP contribution in [0.2, 0.25) is 0 Å². The summed E-state index contributed by atoms with van der Waals surface area (Å²) in [6.07, 6.45) is -4.40. The highest BCUT2D eigenvalue weighted by atomic mass is 32.2. The van der Waals surface area contributed by atoms with Gasteiger partial charge in [-0.1, -0.05) is 12.1 Å². The van der Waals surface area contributed by atoms with E-state index in [1.165, 1.54) is 17.9 Å². The van der Waals surface area contributed by atoms with Gasteiger partial charge in [-0.05, 0) is 38.8 Å². The van der Waals surface area contributed by atoms with Crippen molar-refractivity contribution >= 4 is 22.0 Å². The molecular weight excluding hydrogens is 427 g/mol. The number of nitrogens with one attached hydrogen (secondary N) is 2. The first-order valence-corrected chi connectivity index (χ1v) is 10.8. The van der Waals surface area contributed by atoms with E-state index in [-0.39, 0.29) is 12.6 Å². The highest BCUT2D eigenvalue weighted by molar-refractivity contribution is 7.89. The van der Waals surface area contributed by atoms with E-state index < -0.39 is 44.7 Å². The molecule has 2 amide bonds. The Kier molecular flexibility index (Phi) is 7.70. The smallest absolute Gasteiger partial charge is 0.417 e. The minimum absolute atomic E-state index is 0.255. The third kappa shape index (κ3) is 6.08. The van der Waals surface area contributed by atoms with Crippen LogP contribution < -0.4 is 10.0 Å². The summed E-state index contributed by atoms with van der Waals surface area (Å²) in [7, 11) is -4.59. The lowest BCUT2D eigenvalue weighted by Crippen LogP contribution is -2.51. The van der Waals surface area contributed by atoms with Gasteiger partial charge in [0.1, 0.15) is 0 Å². The number of amides is 2. The van der Waals surface area contributed by atoms with Crippen molar-refractivity contribution in [3.05, 3.63) is 29.8 Å². The summed E-state index contributed by atoms with van der Waals surface area (Å²) in [5.74, 6) is -0.669. The Morgan fingerprint density at radius 3 is 2.40 bits per heavy atom. The first-order chi connectivity index (χ1) is 14.0. The van der Waals surface area contributed by atoms with Crippen molar-refractivity contribution < 1.29 is 35.9 Å². The lowest BCUT2D eigenvalue weighted by atomic mass is 10.1. The normalized spacial score (nSPS) is 16.8. The zero-order valence-electron chi connectivity index (χ0n) is 16.5. The highest BCUT2D eigenvalue weighted by Gasteiger charge is 2.37. The van der Waals surface area contributed by atoms with Crippen LogP contribution in [-0.2, 0) is 25.7 Å². The number of ether oxygens (including phenoxy) is 1. The van der Waals surface area contributed by atoms with E-state index in [1.54, 1.807) is 6.92 Å². The van der Waals surface area contributed by atoms with Crippen molar-refractivity contribution in [2.45, 2.75) is 49.8 Å². The van der Waals surface area contributed by atoms with Crippen LogP contribution in [0.3, 0.4) is 0 Å². The molecule has 2 N–H and O–H groups in total. The molecule has 1 saturated heterocycles. The fourth-order valence-corrected chi connectivity index (χ4v) is 4.46. The molecule has 1 atom stereocenters. The van der Waals surface area contributed by atoms with Gasteiger partial charge in [0.25, 0.3) is 0 Å². The van der Waals surface area contributed by atoms with E-state index in [1.807, 2.05) is 4.72 Å². The maximum absolute atomic E-state index is 13.1. The van der Waals surface area contributed by atoms with E-state index in [2.05, 4.69) is 5.32 Å². The minimum Gasteiger partial charge on any atom is -0.450 e. The number of halogens is 3. The molecule has 0 bridgehead atoms. The van der Waals surface area contributed by atoms with Gasteiger partial charge in [0.05, 0.1) is 23.1 Å². The van der Waals surface area contributed by atoms with Crippen LogP contribution in [0.15, 0.2) is 29.2 Å². The van der Waals surface area contributed by atoms with Crippen LogP contribution in [0.1, 0.15) is 32.3 Å². The predicted molar refractivity (Wildman–Crippen MR) is 101 cm³/mol. The summed E-state index contributed by atoms with van der Waals surface area (Å²) in [5.41, 5.74) is -1.31. The standard InChI is InChI=1S/C18H24F3N3O5S/c1-3-29-17(26)24-10-8-13(9-11-24)22-16(25)12(2)23-30(27,28)15-7-5-4-6-14(15)18(19,20)21/h4-7,12-13,23H,3,8-11H2,1-2H3,(H,22,25)/t12-/m1/s1. The molecule has 12 heteroatoms. The van der Waals surface area contributed by atoms with E-state index in [0.717, 1.165) is 12.1 Å². The Labute approximate surface area is 172 Å². The monoisotopic (exact) mass is 451 g/mol. The third-order valence-corrected chi connectivity index (χ3v) is 6.17. The van der Waals surface area contributed by atoms with Crippen LogP contribution in [0.5, 0.6) is 0 Å². The Bertz CT molecular complexity index is 868. The Morgan fingerprint density at radius 2 is 1.83 bits per heavy atom. The number of rotatable bonds is 6. The molecule has 30 heavy (non-hydrogen) atoms. The molecule has 1 heterocycles. The molecule has 1 aliphatic rings. The zero-order chi connectivity index (χ0) is 22.5. The van der Waals surface area contributed by atoms with Crippen molar-refractivity contribution in [3.63, 3.8) is 0 Å². The van der Waals surface area contributed by atoms with Crippen LogP contribution >= 0.6 is 0 Å². The van der Waals surface area contributed by atoms with Crippen LogP contribution in [0.4, 0.5) is 18.0 Å². The molecule has 1 aromatic rings. The van der Waals surface area contributed by atoms with Gasteiger partial charge in [-0.15, -0.1) is 0 Å². The van der Waals surface area contributed by atoms with E-state index in [9.17, 15) is 31.2 Å². The molecule has 0 aromatic heterocycles. The van der Waals surface area contributed by atoms with Crippen molar-refractivity contribution in [2.24, 2.45) is 0 Å². The number of benzene rings is 1. The number of alkyl halides is 3. The fourth-order valence-electron chi connectivity index (χ4n) is 3.03. The Hall–Kier alpha value is -2.34. The molecule has 0 unspecified atom stereocenters. The molecule has 168 valence electrons. The van der Waals surface area contributed by atoms with Gasteiger partial charge in [-0.2, -0.15) is 17.9 Å². The first-order valence-electron chi connectivity index (χ1n) is 9.36. The van der Waals surface area contributed by atoms with Crippen molar-refractivity contribution in [1.29, 1.82) is 0 Å². The lowest BCUT2D eigenvalue weighted by molar-refractivity contribution is -0.139. The number of likely N-dealkylation sites (tertiary alicyclic amines) is 1. The van der Waals surface area contributed by atoms with Crippen LogP contribution in [0.25, 0.3) is 0 Å². The second-order valence-corrected chi connectivity index (χ2v) is 8.49. The molecule has 0 saturated carbocycles. The number of sulfonamides is 1. The van der Waals surface area contributed by atoms with E-state index in [0.29, 0.717) is 32.0 Å². The second-order valence-electron chi connectivity index (χ2n) is 6.81. The average molecular weight is 451 g/mol. The Balaban J connectivity index is 1.97. The van der Waals surface area contributed by atoms with Gasteiger partial charge in [-0.25, -0.2) is 13.2 Å². The summed E-state index contributed by atoms with van der Waals surface area (Å²) in [6.45, 7) is 3.92. The van der Waals surface area contributed by atoms with Crippen molar-refractivity contribution in [2.75, 3.05) is 19.7 Å². The number of nitrogens with zero attached hydrogens (tertiary/aromatic N) is 1. The summed E-state index contributed by atoms with van der Waals surface area (Å²) in [6, 6.07) is 2.17. The quantitative estimate of drug-likeness (QED) is 0.689. The fraction of sp³-hybridized carbons (Fsp3) is 0.556. The van der Waals surface area contributed by atoms with Gasteiger partial charge >= 0.3 is 12.3 Å². The lowest BCUT2D eigenvalue weighted by Gasteiger charge is -2.32. The first kappa shape index (κ1) is 23.9. The van der Waals surface area contributed by atoms with Crippen LogP contribution in [0, 0.1) is 0 Å². The average Bonchev–Trinajstić information content (AvgIpc) is 2.67. The predicted octanol–water partition coefficient (Wildman–Crippen LogP) is 2.11. The number of hydrogen-bond acceptors (Lipinski definition) is 5. The number of carbonyl (C=O) groups is 2.